The van der Waals surface area contributed by atoms with Gasteiger partial charge in [-0.05, 0) is 26.3 Å². The van der Waals surface area contributed by atoms with Crippen LogP contribution in [0.1, 0.15) is 19.3 Å². The number of aliphatic hydroxyl groups is 1. The Morgan fingerprint density at radius 3 is 2.69 bits per heavy atom. The third-order valence-electron chi connectivity index (χ3n) is 2.68. The molecule has 1 saturated carbocycles. The van der Waals surface area contributed by atoms with E-state index in [9.17, 15) is 13.5 Å². The van der Waals surface area contributed by atoms with Gasteiger partial charge in [0.25, 0.3) is 0 Å². The molecule has 0 bridgehead atoms. The lowest BCUT2D eigenvalue weighted by atomic mass is 10.0. The Labute approximate surface area is 79.3 Å². The zero-order valence-corrected chi connectivity index (χ0v) is 8.89. The number of rotatable bonds is 3. The summed E-state index contributed by atoms with van der Waals surface area (Å²) in [6.07, 6.45) is 3.14. The molecular formula is C8H17NO3S. The first-order valence-corrected chi connectivity index (χ1v) is 6.41. The fourth-order valence-corrected chi connectivity index (χ4v) is 3.74. The van der Waals surface area contributed by atoms with Crippen LogP contribution < -0.4 is 5.32 Å². The van der Waals surface area contributed by atoms with Gasteiger partial charge in [0.05, 0.1) is 10.9 Å². The average molecular weight is 207 g/mol. The second kappa shape index (κ2) is 3.55. The number of sulfone groups is 1. The van der Waals surface area contributed by atoms with Gasteiger partial charge in [-0.1, -0.05) is 0 Å². The topological polar surface area (TPSA) is 66.4 Å². The van der Waals surface area contributed by atoms with E-state index in [4.69, 9.17) is 0 Å². The van der Waals surface area contributed by atoms with Gasteiger partial charge in [0.1, 0.15) is 0 Å². The highest BCUT2D eigenvalue weighted by Gasteiger charge is 2.46. The quantitative estimate of drug-likeness (QED) is 0.657. The summed E-state index contributed by atoms with van der Waals surface area (Å²) in [4.78, 5) is 0. The Morgan fingerprint density at radius 2 is 2.23 bits per heavy atom. The SMILES string of the molecule is CNCC1(O)CCCC1S(C)(=O)=O. The molecule has 0 spiro atoms. The second-order valence-corrected chi connectivity index (χ2v) is 6.07. The van der Waals surface area contributed by atoms with Crippen molar-refractivity contribution in [1.29, 1.82) is 0 Å². The van der Waals surface area contributed by atoms with Crippen LogP contribution in [-0.2, 0) is 9.84 Å². The molecule has 1 aliphatic carbocycles. The van der Waals surface area contributed by atoms with Crippen molar-refractivity contribution in [2.45, 2.75) is 30.1 Å². The molecular weight excluding hydrogens is 190 g/mol. The van der Waals surface area contributed by atoms with Gasteiger partial charge in [0.15, 0.2) is 9.84 Å². The highest BCUT2D eigenvalue weighted by molar-refractivity contribution is 7.91. The first-order chi connectivity index (χ1) is 5.90. The van der Waals surface area contributed by atoms with E-state index in [2.05, 4.69) is 5.32 Å². The fourth-order valence-electron chi connectivity index (χ4n) is 2.14. The normalized spacial score (nSPS) is 35.2. The summed E-state index contributed by atoms with van der Waals surface area (Å²) >= 11 is 0. The zero-order valence-electron chi connectivity index (χ0n) is 8.08. The third-order valence-corrected chi connectivity index (χ3v) is 4.38. The largest absolute Gasteiger partial charge is 0.387 e. The predicted octanol–water partition coefficient (Wildman–Crippen LogP) is -0.466. The van der Waals surface area contributed by atoms with Crippen LogP contribution >= 0.6 is 0 Å². The standard InChI is InChI=1S/C8H17NO3S/c1-9-6-8(10)5-3-4-7(8)13(2,11)12/h7,9-10H,3-6H2,1-2H3. The van der Waals surface area contributed by atoms with E-state index in [1.165, 1.54) is 6.26 Å². The molecule has 0 amide bonds. The van der Waals surface area contributed by atoms with Crippen LogP contribution in [0.5, 0.6) is 0 Å². The molecule has 0 aromatic heterocycles. The maximum Gasteiger partial charge on any atom is 0.153 e. The summed E-state index contributed by atoms with van der Waals surface area (Å²) in [7, 11) is -1.40. The Morgan fingerprint density at radius 1 is 1.62 bits per heavy atom. The van der Waals surface area contributed by atoms with Crippen molar-refractivity contribution in [3.63, 3.8) is 0 Å². The Kier molecular flexibility index (Phi) is 2.99. The predicted molar refractivity (Wildman–Crippen MR) is 51.4 cm³/mol. The molecule has 0 aromatic carbocycles. The molecule has 0 radical (unpaired) electrons. The number of hydrogen-bond acceptors (Lipinski definition) is 4. The smallest absolute Gasteiger partial charge is 0.153 e. The monoisotopic (exact) mass is 207 g/mol. The maximum absolute atomic E-state index is 11.3. The first kappa shape index (κ1) is 10.9. The van der Waals surface area contributed by atoms with Gasteiger partial charge in [-0.25, -0.2) is 8.42 Å². The van der Waals surface area contributed by atoms with Crippen molar-refractivity contribution < 1.29 is 13.5 Å². The summed E-state index contributed by atoms with van der Waals surface area (Å²) in [5.41, 5.74) is -1.05. The fraction of sp³-hybridized carbons (Fsp3) is 1.00. The molecule has 0 aliphatic heterocycles. The molecule has 1 fully saturated rings. The van der Waals surface area contributed by atoms with Gasteiger partial charge in [-0.3, -0.25) is 0 Å². The van der Waals surface area contributed by atoms with Gasteiger partial charge in [-0.15, -0.1) is 0 Å². The van der Waals surface area contributed by atoms with E-state index in [-0.39, 0.29) is 0 Å². The lowest BCUT2D eigenvalue weighted by Gasteiger charge is -2.28. The van der Waals surface area contributed by atoms with Crippen LogP contribution in [-0.4, -0.2) is 44.2 Å². The van der Waals surface area contributed by atoms with Crippen LogP contribution in [0, 0.1) is 0 Å². The number of hydrogen-bond donors (Lipinski definition) is 2. The van der Waals surface area contributed by atoms with Crippen molar-refractivity contribution in [2.24, 2.45) is 0 Å². The molecule has 0 heterocycles. The Hall–Kier alpha value is -0.130. The van der Waals surface area contributed by atoms with E-state index in [1.54, 1.807) is 7.05 Å². The van der Waals surface area contributed by atoms with Crippen LogP contribution in [0.2, 0.25) is 0 Å². The van der Waals surface area contributed by atoms with Gasteiger partial charge >= 0.3 is 0 Å². The second-order valence-electron chi connectivity index (χ2n) is 3.84. The van der Waals surface area contributed by atoms with Gasteiger partial charge in [0, 0.05) is 12.8 Å². The molecule has 2 unspecified atom stereocenters. The summed E-state index contributed by atoms with van der Waals surface area (Å²) in [5.74, 6) is 0. The summed E-state index contributed by atoms with van der Waals surface area (Å²) in [6, 6.07) is 0. The highest BCUT2D eigenvalue weighted by atomic mass is 32.2. The Balaban J connectivity index is 2.86. The Bertz CT molecular complexity index is 275. The van der Waals surface area contributed by atoms with Crippen LogP contribution in [0.3, 0.4) is 0 Å². The van der Waals surface area contributed by atoms with Crippen molar-refractivity contribution in [2.75, 3.05) is 19.8 Å². The molecule has 0 saturated heterocycles. The van der Waals surface area contributed by atoms with E-state index in [0.29, 0.717) is 19.4 Å². The van der Waals surface area contributed by atoms with Crippen molar-refractivity contribution in [3.8, 4) is 0 Å². The summed E-state index contributed by atoms with van der Waals surface area (Å²) in [5, 5.41) is 12.3. The van der Waals surface area contributed by atoms with Gasteiger partial charge in [-0.2, -0.15) is 0 Å². The lowest BCUT2D eigenvalue weighted by Crippen LogP contribution is -2.48. The van der Waals surface area contributed by atoms with Crippen LogP contribution in [0.25, 0.3) is 0 Å². The molecule has 78 valence electrons. The van der Waals surface area contributed by atoms with E-state index >= 15 is 0 Å². The molecule has 13 heavy (non-hydrogen) atoms. The van der Waals surface area contributed by atoms with Gasteiger partial charge in [0.2, 0.25) is 0 Å². The van der Waals surface area contributed by atoms with Crippen molar-refractivity contribution in [3.05, 3.63) is 0 Å². The van der Waals surface area contributed by atoms with E-state index < -0.39 is 20.7 Å². The molecule has 4 nitrogen and oxygen atoms in total. The molecule has 2 atom stereocenters. The van der Waals surface area contributed by atoms with E-state index in [1.807, 2.05) is 0 Å². The van der Waals surface area contributed by atoms with Crippen molar-refractivity contribution >= 4 is 9.84 Å². The lowest BCUT2D eigenvalue weighted by molar-refractivity contribution is 0.0528. The highest BCUT2D eigenvalue weighted by Crippen LogP contribution is 2.34. The zero-order chi connectivity index (χ0) is 10.1. The summed E-state index contributed by atoms with van der Waals surface area (Å²) in [6.45, 7) is 0.352. The molecule has 1 rings (SSSR count). The van der Waals surface area contributed by atoms with Crippen LogP contribution in [0.15, 0.2) is 0 Å². The van der Waals surface area contributed by atoms with Crippen molar-refractivity contribution in [1.82, 2.24) is 5.32 Å². The average Bonchev–Trinajstić information content (AvgIpc) is 2.30. The minimum atomic E-state index is -3.12. The van der Waals surface area contributed by atoms with E-state index in [0.717, 1.165) is 6.42 Å². The maximum atomic E-state index is 11.3. The van der Waals surface area contributed by atoms with Crippen LogP contribution in [0.4, 0.5) is 0 Å². The van der Waals surface area contributed by atoms with Gasteiger partial charge < -0.3 is 10.4 Å². The molecule has 2 N–H and O–H groups in total. The summed E-state index contributed by atoms with van der Waals surface area (Å²) < 4.78 is 22.7. The minimum Gasteiger partial charge on any atom is -0.387 e. The first-order valence-electron chi connectivity index (χ1n) is 4.46. The molecule has 5 heteroatoms. The number of nitrogens with one attached hydrogen (secondary N) is 1. The molecule has 0 aromatic rings. The minimum absolute atomic E-state index is 0.352. The third kappa shape index (κ3) is 2.21. The number of likely N-dealkylation sites (N-methyl/N-ethyl adjacent to an activating group) is 1. The molecule has 1 aliphatic rings.